The van der Waals surface area contributed by atoms with Gasteiger partial charge < -0.3 is 4.74 Å². The molecular weight excluding hydrogens is 285 g/mol. The Morgan fingerprint density at radius 3 is 2.75 bits per heavy atom. The molecule has 0 aliphatic heterocycles. The molecule has 2 aromatic rings. The number of rotatable bonds is 5. The van der Waals surface area contributed by atoms with Crippen LogP contribution in [0.25, 0.3) is 0 Å². The second-order valence-electron chi connectivity index (χ2n) is 4.04. The van der Waals surface area contributed by atoms with E-state index in [1.54, 1.807) is 13.8 Å². The summed E-state index contributed by atoms with van der Waals surface area (Å²) in [7, 11) is -3.79. The van der Waals surface area contributed by atoms with E-state index in [0.29, 0.717) is 12.3 Å². The average Bonchev–Trinajstić information content (AvgIpc) is 2.79. The molecule has 0 saturated heterocycles. The number of aromatic amines is 1. The maximum atomic E-state index is 13.7. The minimum absolute atomic E-state index is 0.0202. The van der Waals surface area contributed by atoms with Crippen LogP contribution in [0, 0.1) is 12.7 Å². The fraction of sp³-hybridized carbons (Fsp3) is 0.250. The third-order valence-electron chi connectivity index (χ3n) is 2.56. The number of anilines is 1. The van der Waals surface area contributed by atoms with Crippen LogP contribution in [0.3, 0.4) is 0 Å². The third kappa shape index (κ3) is 2.90. The zero-order chi connectivity index (χ0) is 14.8. The quantitative estimate of drug-likeness (QED) is 0.885. The Bertz CT molecular complexity index is 712. The van der Waals surface area contributed by atoms with Crippen molar-refractivity contribution in [2.24, 2.45) is 0 Å². The molecule has 0 amide bonds. The number of nitrogens with zero attached hydrogens (tertiary/aromatic N) is 1. The number of hydrogen-bond acceptors (Lipinski definition) is 4. The highest BCUT2D eigenvalue weighted by atomic mass is 32.2. The van der Waals surface area contributed by atoms with E-state index in [-0.39, 0.29) is 16.3 Å². The van der Waals surface area contributed by atoms with Crippen molar-refractivity contribution in [1.82, 2.24) is 10.2 Å². The summed E-state index contributed by atoms with van der Waals surface area (Å²) in [5.74, 6) is -0.550. The van der Waals surface area contributed by atoms with E-state index in [0.717, 1.165) is 6.07 Å². The molecule has 1 aromatic carbocycles. The van der Waals surface area contributed by atoms with Crippen molar-refractivity contribution >= 4 is 15.7 Å². The first kappa shape index (κ1) is 14.3. The number of sulfonamides is 1. The van der Waals surface area contributed by atoms with Crippen LogP contribution in [0.15, 0.2) is 29.3 Å². The minimum Gasteiger partial charge on any atom is -0.491 e. The zero-order valence-electron chi connectivity index (χ0n) is 11.0. The smallest absolute Gasteiger partial charge is 0.265 e. The van der Waals surface area contributed by atoms with Gasteiger partial charge in [-0.15, -0.1) is 0 Å². The van der Waals surface area contributed by atoms with Gasteiger partial charge in [0.25, 0.3) is 10.0 Å². The molecule has 0 aliphatic rings. The molecular formula is C12H14FN3O3S. The first-order chi connectivity index (χ1) is 9.44. The van der Waals surface area contributed by atoms with E-state index >= 15 is 0 Å². The van der Waals surface area contributed by atoms with Crippen molar-refractivity contribution < 1.29 is 17.5 Å². The lowest BCUT2D eigenvalue weighted by molar-refractivity contribution is 0.321. The summed E-state index contributed by atoms with van der Waals surface area (Å²) in [5, 5.41) is 6.18. The number of ether oxygens (including phenoxy) is 1. The highest BCUT2D eigenvalue weighted by Gasteiger charge is 2.19. The Morgan fingerprint density at radius 1 is 1.45 bits per heavy atom. The van der Waals surface area contributed by atoms with Gasteiger partial charge in [-0.3, -0.25) is 9.82 Å². The topological polar surface area (TPSA) is 84.1 Å². The first-order valence-corrected chi connectivity index (χ1v) is 7.37. The second kappa shape index (κ2) is 5.49. The lowest BCUT2D eigenvalue weighted by Gasteiger charge is -2.09. The average molecular weight is 299 g/mol. The number of hydrogen-bond donors (Lipinski definition) is 2. The summed E-state index contributed by atoms with van der Waals surface area (Å²) in [6, 6.07) is 3.87. The Labute approximate surface area is 116 Å². The Balaban J connectivity index is 2.26. The zero-order valence-corrected chi connectivity index (χ0v) is 11.8. The Morgan fingerprint density at radius 2 is 2.20 bits per heavy atom. The number of aryl methyl sites for hydroxylation is 1. The van der Waals surface area contributed by atoms with Crippen molar-refractivity contribution in [1.29, 1.82) is 0 Å². The SMILES string of the molecule is CCOc1ccc(NS(=O)(=O)c2cn[nH]c2C)cc1F. The van der Waals surface area contributed by atoms with Crippen LogP contribution >= 0.6 is 0 Å². The number of aromatic nitrogens is 2. The molecule has 0 spiro atoms. The molecule has 0 fully saturated rings. The van der Waals surface area contributed by atoms with Crippen LogP contribution in [0.2, 0.25) is 0 Å². The normalized spacial score (nSPS) is 11.3. The highest BCUT2D eigenvalue weighted by molar-refractivity contribution is 7.92. The predicted octanol–water partition coefficient (Wildman–Crippen LogP) is 2.06. The monoisotopic (exact) mass is 299 g/mol. The van der Waals surface area contributed by atoms with Gasteiger partial charge in [0.05, 0.1) is 24.2 Å². The molecule has 0 saturated carbocycles. The van der Waals surface area contributed by atoms with Crippen molar-refractivity contribution in [3.63, 3.8) is 0 Å². The summed E-state index contributed by atoms with van der Waals surface area (Å²) >= 11 is 0. The van der Waals surface area contributed by atoms with Gasteiger partial charge in [-0.2, -0.15) is 5.10 Å². The molecule has 0 unspecified atom stereocenters. The summed E-state index contributed by atoms with van der Waals surface area (Å²) < 4.78 is 45.2. The van der Waals surface area contributed by atoms with E-state index in [4.69, 9.17) is 4.74 Å². The van der Waals surface area contributed by atoms with E-state index in [2.05, 4.69) is 14.9 Å². The van der Waals surface area contributed by atoms with E-state index in [1.807, 2.05) is 0 Å². The van der Waals surface area contributed by atoms with Gasteiger partial charge in [-0.25, -0.2) is 12.8 Å². The van der Waals surface area contributed by atoms with E-state index in [1.165, 1.54) is 18.3 Å². The van der Waals surface area contributed by atoms with E-state index < -0.39 is 15.8 Å². The number of benzene rings is 1. The molecule has 0 atom stereocenters. The maximum Gasteiger partial charge on any atom is 0.265 e. The van der Waals surface area contributed by atoms with Gasteiger partial charge in [0.2, 0.25) is 0 Å². The van der Waals surface area contributed by atoms with Crippen molar-refractivity contribution in [2.45, 2.75) is 18.7 Å². The summed E-state index contributed by atoms with van der Waals surface area (Å²) in [4.78, 5) is 0.0202. The van der Waals surface area contributed by atoms with E-state index in [9.17, 15) is 12.8 Å². The molecule has 6 nitrogen and oxygen atoms in total. The summed E-state index contributed by atoms with van der Waals surface area (Å²) in [6.45, 7) is 3.65. The van der Waals surface area contributed by atoms with Crippen molar-refractivity contribution in [2.75, 3.05) is 11.3 Å². The Kier molecular flexibility index (Phi) is 3.93. The molecule has 0 radical (unpaired) electrons. The summed E-state index contributed by atoms with van der Waals surface area (Å²) in [5.41, 5.74) is 0.524. The molecule has 2 rings (SSSR count). The second-order valence-corrected chi connectivity index (χ2v) is 5.69. The number of halogens is 1. The van der Waals surface area contributed by atoms with Gasteiger partial charge in [-0.05, 0) is 26.0 Å². The van der Waals surface area contributed by atoms with Crippen LogP contribution in [0.1, 0.15) is 12.6 Å². The minimum atomic E-state index is -3.79. The van der Waals surface area contributed by atoms with Gasteiger partial charge >= 0.3 is 0 Å². The molecule has 1 aromatic heterocycles. The third-order valence-corrected chi connectivity index (χ3v) is 4.05. The van der Waals surface area contributed by atoms with Crippen LogP contribution in [-0.4, -0.2) is 25.2 Å². The molecule has 20 heavy (non-hydrogen) atoms. The number of H-pyrrole nitrogens is 1. The standard InChI is InChI=1S/C12H14FN3O3S/c1-3-19-11-5-4-9(6-10(11)13)16-20(17,18)12-7-14-15-8(12)2/h4-7,16H,3H2,1-2H3,(H,14,15). The number of nitrogens with one attached hydrogen (secondary N) is 2. The predicted molar refractivity (Wildman–Crippen MR) is 71.7 cm³/mol. The van der Waals surface area contributed by atoms with Crippen LogP contribution < -0.4 is 9.46 Å². The molecule has 0 aliphatic carbocycles. The Hall–Kier alpha value is -2.09. The van der Waals surface area contributed by atoms with Crippen LogP contribution in [-0.2, 0) is 10.0 Å². The molecule has 1 heterocycles. The van der Waals surface area contributed by atoms with Crippen molar-refractivity contribution in [3.8, 4) is 5.75 Å². The van der Waals surface area contributed by atoms with Crippen LogP contribution in [0.5, 0.6) is 5.75 Å². The fourth-order valence-corrected chi connectivity index (χ4v) is 2.85. The van der Waals surface area contributed by atoms with Gasteiger partial charge in [0.1, 0.15) is 4.90 Å². The first-order valence-electron chi connectivity index (χ1n) is 5.89. The molecule has 2 N–H and O–H groups in total. The lowest BCUT2D eigenvalue weighted by Crippen LogP contribution is -2.13. The van der Waals surface area contributed by atoms with Gasteiger partial charge in [0, 0.05) is 6.07 Å². The van der Waals surface area contributed by atoms with Gasteiger partial charge in [0.15, 0.2) is 11.6 Å². The largest absolute Gasteiger partial charge is 0.491 e. The fourth-order valence-electron chi connectivity index (χ4n) is 1.66. The highest BCUT2D eigenvalue weighted by Crippen LogP contribution is 2.23. The summed E-state index contributed by atoms with van der Waals surface area (Å²) in [6.07, 6.45) is 1.20. The molecule has 0 bridgehead atoms. The van der Waals surface area contributed by atoms with Crippen molar-refractivity contribution in [3.05, 3.63) is 35.9 Å². The molecule has 108 valence electrons. The molecule has 8 heteroatoms. The lowest BCUT2D eigenvalue weighted by atomic mass is 10.3. The van der Waals surface area contributed by atoms with Crippen LogP contribution in [0.4, 0.5) is 10.1 Å². The van der Waals surface area contributed by atoms with Gasteiger partial charge in [-0.1, -0.05) is 0 Å². The maximum absolute atomic E-state index is 13.7.